The number of carbonyl (C=O) groups is 1. The molecule has 2 aromatic carbocycles. The van der Waals surface area contributed by atoms with E-state index in [4.69, 9.17) is 4.74 Å². The van der Waals surface area contributed by atoms with Crippen molar-refractivity contribution in [2.24, 2.45) is 0 Å². The van der Waals surface area contributed by atoms with Gasteiger partial charge in [-0.2, -0.15) is 0 Å². The highest BCUT2D eigenvalue weighted by Crippen LogP contribution is 2.23. The van der Waals surface area contributed by atoms with Gasteiger partial charge in [-0.25, -0.2) is 4.98 Å². The fourth-order valence-electron chi connectivity index (χ4n) is 2.78. The highest BCUT2D eigenvalue weighted by molar-refractivity contribution is 7.18. The summed E-state index contributed by atoms with van der Waals surface area (Å²) in [5.74, 6) is 1.11. The average Bonchev–Trinajstić information content (AvgIpc) is 3.08. The molecule has 0 bridgehead atoms. The Balaban J connectivity index is 1.42. The van der Waals surface area contributed by atoms with Crippen molar-refractivity contribution in [3.05, 3.63) is 82.2 Å². The van der Waals surface area contributed by atoms with Crippen molar-refractivity contribution in [2.75, 3.05) is 5.32 Å². The Kier molecular flexibility index (Phi) is 4.90. The number of ether oxygens (including phenoxy) is 1. The molecule has 0 aliphatic heterocycles. The van der Waals surface area contributed by atoms with E-state index in [1.165, 1.54) is 22.2 Å². The number of nitrogens with one attached hydrogen (secondary N) is 1. The number of amides is 1. The van der Waals surface area contributed by atoms with Gasteiger partial charge in [-0.1, -0.05) is 18.2 Å². The molecule has 0 spiro atoms. The maximum Gasteiger partial charge on any atom is 0.262 e. The van der Waals surface area contributed by atoms with Crippen LogP contribution in [0.3, 0.4) is 0 Å². The van der Waals surface area contributed by atoms with Crippen LogP contribution in [-0.2, 0) is 11.3 Å². The Labute approximate surface area is 165 Å². The minimum atomic E-state index is -0.299. The number of para-hydroxylation sites is 1. The van der Waals surface area contributed by atoms with Gasteiger partial charge in [0, 0.05) is 10.6 Å². The predicted molar refractivity (Wildman–Crippen MR) is 110 cm³/mol. The summed E-state index contributed by atoms with van der Waals surface area (Å²) < 4.78 is 7.04. The number of aromatic nitrogens is 2. The van der Waals surface area contributed by atoms with Gasteiger partial charge in [0.05, 0.1) is 11.7 Å². The van der Waals surface area contributed by atoms with Crippen LogP contribution in [0.4, 0.5) is 5.69 Å². The fourth-order valence-corrected chi connectivity index (χ4v) is 3.62. The third-order valence-corrected chi connectivity index (χ3v) is 5.03. The summed E-state index contributed by atoms with van der Waals surface area (Å²) >= 11 is 1.46. The summed E-state index contributed by atoms with van der Waals surface area (Å²) in [6.45, 7) is 1.83. The number of anilines is 1. The molecule has 0 saturated heterocycles. The molecular formula is C21H17N3O3S. The smallest absolute Gasteiger partial charge is 0.262 e. The van der Waals surface area contributed by atoms with Crippen molar-refractivity contribution in [3.8, 4) is 11.5 Å². The van der Waals surface area contributed by atoms with E-state index in [-0.39, 0.29) is 18.0 Å². The Morgan fingerprint density at radius 2 is 1.82 bits per heavy atom. The molecule has 4 aromatic rings. The highest BCUT2D eigenvalue weighted by atomic mass is 32.1. The Morgan fingerprint density at radius 1 is 1.11 bits per heavy atom. The molecule has 2 heterocycles. The van der Waals surface area contributed by atoms with E-state index in [0.29, 0.717) is 21.7 Å². The zero-order chi connectivity index (χ0) is 19.5. The van der Waals surface area contributed by atoms with Crippen LogP contribution >= 0.6 is 11.3 Å². The third-order valence-electron chi connectivity index (χ3n) is 4.07. The van der Waals surface area contributed by atoms with Crippen molar-refractivity contribution >= 4 is 33.1 Å². The predicted octanol–water partition coefficient (Wildman–Crippen LogP) is 4.20. The molecule has 0 aliphatic carbocycles. The largest absolute Gasteiger partial charge is 0.457 e. The molecule has 1 N–H and O–H groups in total. The molecule has 140 valence electrons. The SMILES string of the molecule is Cc1cc2c(=O)n(CC(=O)Nc3ccc(Oc4ccccc4)cc3)cnc2s1. The topological polar surface area (TPSA) is 73.2 Å². The van der Waals surface area contributed by atoms with Crippen LogP contribution < -0.4 is 15.6 Å². The molecule has 6 nitrogen and oxygen atoms in total. The molecule has 2 aromatic heterocycles. The lowest BCUT2D eigenvalue weighted by Crippen LogP contribution is -2.27. The van der Waals surface area contributed by atoms with Gasteiger partial charge in [-0.3, -0.25) is 14.2 Å². The Bertz CT molecular complexity index is 1180. The molecule has 0 saturated carbocycles. The Hall–Kier alpha value is -3.45. The number of rotatable bonds is 5. The van der Waals surface area contributed by atoms with Gasteiger partial charge < -0.3 is 10.1 Å². The van der Waals surface area contributed by atoms with Gasteiger partial charge in [0.1, 0.15) is 22.9 Å². The Morgan fingerprint density at radius 3 is 2.57 bits per heavy atom. The van der Waals surface area contributed by atoms with Crippen molar-refractivity contribution < 1.29 is 9.53 Å². The van der Waals surface area contributed by atoms with E-state index >= 15 is 0 Å². The first-order valence-electron chi connectivity index (χ1n) is 8.67. The standard InChI is InChI=1S/C21H17N3O3S/c1-14-11-18-20(28-14)22-13-24(21(18)26)12-19(25)23-15-7-9-17(10-8-15)27-16-5-3-2-4-6-16/h2-11,13H,12H2,1H3,(H,23,25). The van der Waals surface area contributed by atoms with Crippen LogP contribution in [0.25, 0.3) is 10.2 Å². The quantitative estimate of drug-likeness (QED) is 0.553. The van der Waals surface area contributed by atoms with E-state index < -0.39 is 0 Å². The second-order valence-electron chi connectivity index (χ2n) is 6.24. The third kappa shape index (κ3) is 3.94. The maximum absolute atomic E-state index is 12.5. The number of nitrogens with zero attached hydrogens (tertiary/aromatic N) is 2. The van der Waals surface area contributed by atoms with Crippen molar-refractivity contribution in [1.82, 2.24) is 9.55 Å². The molecule has 0 atom stereocenters. The summed E-state index contributed by atoms with van der Waals surface area (Å²) in [5, 5.41) is 3.32. The lowest BCUT2D eigenvalue weighted by molar-refractivity contribution is -0.116. The van der Waals surface area contributed by atoms with E-state index in [2.05, 4.69) is 10.3 Å². The number of fused-ring (bicyclic) bond motifs is 1. The van der Waals surface area contributed by atoms with Crippen LogP contribution in [0.2, 0.25) is 0 Å². The molecule has 7 heteroatoms. The zero-order valence-corrected chi connectivity index (χ0v) is 15.9. The molecule has 0 unspecified atom stereocenters. The van der Waals surface area contributed by atoms with Gasteiger partial charge >= 0.3 is 0 Å². The van der Waals surface area contributed by atoms with Gasteiger partial charge in [0.2, 0.25) is 5.91 Å². The number of carbonyl (C=O) groups excluding carboxylic acids is 1. The van der Waals surface area contributed by atoms with Gasteiger partial charge in [-0.15, -0.1) is 11.3 Å². The summed E-state index contributed by atoms with van der Waals surface area (Å²) in [6, 6.07) is 18.3. The van der Waals surface area contributed by atoms with E-state index in [1.807, 2.05) is 37.3 Å². The van der Waals surface area contributed by atoms with Crippen LogP contribution in [0, 0.1) is 6.92 Å². The molecule has 0 fully saturated rings. The minimum Gasteiger partial charge on any atom is -0.457 e. The van der Waals surface area contributed by atoms with Gasteiger partial charge in [0.25, 0.3) is 5.56 Å². The van der Waals surface area contributed by atoms with E-state index in [1.54, 1.807) is 30.3 Å². The van der Waals surface area contributed by atoms with Crippen LogP contribution in [0.5, 0.6) is 11.5 Å². The first-order chi connectivity index (χ1) is 13.6. The van der Waals surface area contributed by atoms with E-state index in [9.17, 15) is 9.59 Å². The number of hydrogen-bond donors (Lipinski definition) is 1. The highest BCUT2D eigenvalue weighted by Gasteiger charge is 2.10. The number of benzene rings is 2. The number of hydrogen-bond acceptors (Lipinski definition) is 5. The molecule has 28 heavy (non-hydrogen) atoms. The average molecular weight is 391 g/mol. The first-order valence-corrected chi connectivity index (χ1v) is 9.48. The maximum atomic E-state index is 12.5. The summed E-state index contributed by atoms with van der Waals surface area (Å²) in [5.41, 5.74) is 0.412. The lowest BCUT2D eigenvalue weighted by atomic mass is 10.3. The zero-order valence-electron chi connectivity index (χ0n) is 15.1. The molecule has 1 amide bonds. The van der Waals surface area contributed by atoms with E-state index in [0.717, 1.165) is 10.6 Å². The minimum absolute atomic E-state index is 0.0983. The lowest BCUT2D eigenvalue weighted by Gasteiger charge is -2.09. The summed E-state index contributed by atoms with van der Waals surface area (Å²) in [6.07, 6.45) is 1.41. The van der Waals surface area contributed by atoms with Crippen LogP contribution in [-0.4, -0.2) is 15.5 Å². The van der Waals surface area contributed by atoms with Gasteiger partial charge in [-0.05, 0) is 49.4 Å². The van der Waals surface area contributed by atoms with Gasteiger partial charge in [0.15, 0.2) is 0 Å². The first kappa shape index (κ1) is 17.9. The normalized spacial score (nSPS) is 10.8. The second kappa shape index (κ2) is 7.66. The monoisotopic (exact) mass is 391 g/mol. The fraction of sp³-hybridized carbons (Fsp3) is 0.0952. The molecule has 0 radical (unpaired) electrons. The molecule has 0 aliphatic rings. The second-order valence-corrected chi connectivity index (χ2v) is 7.48. The van der Waals surface area contributed by atoms with Crippen molar-refractivity contribution in [1.29, 1.82) is 0 Å². The van der Waals surface area contributed by atoms with Crippen LogP contribution in [0.15, 0.2) is 71.8 Å². The van der Waals surface area contributed by atoms with Crippen molar-refractivity contribution in [2.45, 2.75) is 13.5 Å². The number of thiophene rings is 1. The molecular weight excluding hydrogens is 374 g/mol. The number of aryl methyl sites for hydroxylation is 1. The van der Waals surface area contributed by atoms with Crippen LogP contribution in [0.1, 0.15) is 4.88 Å². The summed E-state index contributed by atoms with van der Waals surface area (Å²) in [4.78, 5) is 30.8. The summed E-state index contributed by atoms with van der Waals surface area (Å²) in [7, 11) is 0. The van der Waals surface area contributed by atoms with Crippen molar-refractivity contribution in [3.63, 3.8) is 0 Å². The molecule has 4 rings (SSSR count).